The van der Waals surface area contributed by atoms with Crippen molar-refractivity contribution in [3.63, 3.8) is 0 Å². The summed E-state index contributed by atoms with van der Waals surface area (Å²) in [6, 6.07) is 8.08. The second-order valence-electron chi connectivity index (χ2n) is 9.08. The van der Waals surface area contributed by atoms with Crippen LogP contribution in [-0.4, -0.2) is 46.0 Å². The molecule has 0 spiro atoms. The minimum absolute atomic E-state index is 0.0252. The van der Waals surface area contributed by atoms with E-state index in [-0.39, 0.29) is 36.4 Å². The van der Waals surface area contributed by atoms with Crippen molar-refractivity contribution in [1.29, 1.82) is 0 Å². The van der Waals surface area contributed by atoms with Gasteiger partial charge in [-0.05, 0) is 42.7 Å². The number of carbonyl (C=O) groups excluding carboxylic acids is 1. The summed E-state index contributed by atoms with van der Waals surface area (Å²) in [7, 11) is 0. The van der Waals surface area contributed by atoms with E-state index in [0.29, 0.717) is 12.8 Å². The van der Waals surface area contributed by atoms with Gasteiger partial charge in [0.15, 0.2) is 0 Å². The van der Waals surface area contributed by atoms with E-state index in [4.69, 9.17) is 21.4 Å². The first kappa shape index (κ1) is 27.1. The van der Waals surface area contributed by atoms with E-state index in [9.17, 15) is 15.0 Å². The zero-order valence-corrected chi connectivity index (χ0v) is 20.2. The fourth-order valence-electron chi connectivity index (χ4n) is 4.82. The van der Waals surface area contributed by atoms with Gasteiger partial charge in [0.1, 0.15) is 6.61 Å². The summed E-state index contributed by atoms with van der Waals surface area (Å²) >= 11 is 6.62. The summed E-state index contributed by atoms with van der Waals surface area (Å²) in [6.45, 7) is 2.09. The molecule has 0 saturated heterocycles. The molecular weight excluding hydrogens is 428 g/mol. The van der Waals surface area contributed by atoms with Crippen LogP contribution in [0.2, 0.25) is 0 Å². The van der Waals surface area contributed by atoms with E-state index >= 15 is 0 Å². The molecule has 0 radical (unpaired) electrons. The second-order valence-corrected chi connectivity index (χ2v) is 9.64. The van der Waals surface area contributed by atoms with Crippen molar-refractivity contribution in [3.05, 3.63) is 35.4 Å². The maximum atomic E-state index is 11.5. The van der Waals surface area contributed by atoms with Crippen LogP contribution in [0, 0.1) is 5.92 Å². The van der Waals surface area contributed by atoms with Crippen LogP contribution in [0.1, 0.15) is 101 Å². The monoisotopic (exact) mass is 468 g/mol. The molecule has 3 N–H and O–H groups in total. The van der Waals surface area contributed by atoms with Crippen LogP contribution in [0.3, 0.4) is 0 Å². The molecule has 5 atom stereocenters. The normalized spacial score (nSPS) is 23.9. The van der Waals surface area contributed by atoms with Gasteiger partial charge in [-0.1, -0.05) is 69.7 Å². The Hall–Kier alpha value is -1.14. The number of hydrogen-bond acceptors (Lipinski definition) is 5. The van der Waals surface area contributed by atoms with Crippen LogP contribution in [0.5, 0.6) is 0 Å². The predicted molar refractivity (Wildman–Crippen MR) is 128 cm³/mol. The van der Waals surface area contributed by atoms with Crippen molar-refractivity contribution < 1.29 is 24.9 Å². The van der Waals surface area contributed by atoms with Crippen molar-refractivity contribution in [3.8, 4) is 0 Å². The highest BCUT2D eigenvalue weighted by molar-refractivity contribution is 6.21. The lowest BCUT2D eigenvalue weighted by Gasteiger charge is -2.24. The molecule has 1 aliphatic carbocycles. The minimum Gasteiger partial charge on any atom is -0.463 e. The van der Waals surface area contributed by atoms with Crippen LogP contribution in [0.25, 0.3) is 0 Å². The lowest BCUT2D eigenvalue weighted by Crippen LogP contribution is -2.19. The average molecular weight is 469 g/mol. The number of halogens is 1. The van der Waals surface area contributed by atoms with Gasteiger partial charge in [-0.15, -0.1) is 11.6 Å². The molecule has 2 rings (SSSR count). The lowest BCUT2D eigenvalue weighted by molar-refractivity contribution is -0.144. The third kappa shape index (κ3) is 8.66. The zero-order chi connectivity index (χ0) is 23.3. The summed E-state index contributed by atoms with van der Waals surface area (Å²) in [4.78, 5) is 11.5. The molecule has 1 aromatic carbocycles. The molecule has 0 heterocycles. The Bertz CT molecular complexity index is 650. The lowest BCUT2D eigenvalue weighted by atomic mass is 9.83. The number of hydrogen-bond donors (Lipinski definition) is 3. The van der Waals surface area contributed by atoms with Gasteiger partial charge in [-0.3, -0.25) is 4.79 Å². The number of esters is 1. The maximum Gasteiger partial charge on any atom is 0.305 e. The maximum absolute atomic E-state index is 11.5. The number of carbonyl (C=O) groups is 1. The Morgan fingerprint density at radius 1 is 1.12 bits per heavy atom. The SMILES string of the molecule is CCCCC[C@@H](O)c1ccc([C@@H]2[C@@H](CCCCCCC(=O)OCCO)[C@H](Cl)C[C@H]2O)cc1. The summed E-state index contributed by atoms with van der Waals surface area (Å²) in [5.74, 6) is -0.00321. The van der Waals surface area contributed by atoms with Gasteiger partial charge in [-0.25, -0.2) is 0 Å². The molecule has 0 aromatic heterocycles. The molecule has 0 amide bonds. The molecular formula is C26H41ClO5. The number of ether oxygens (including phenoxy) is 1. The fourth-order valence-corrected chi connectivity index (χ4v) is 5.29. The first-order chi connectivity index (χ1) is 15.5. The Balaban J connectivity index is 1.82. The van der Waals surface area contributed by atoms with Gasteiger partial charge in [0.25, 0.3) is 0 Å². The summed E-state index contributed by atoms with van der Waals surface area (Å²) in [5, 5.41) is 29.7. The molecule has 0 aliphatic heterocycles. The van der Waals surface area contributed by atoms with E-state index in [0.717, 1.165) is 68.9 Å². The Kier molecular flexibility index (Phi) is 12.6. The van der Waals surface area contributed by atoms with Gasteiger partial charge in [0.05, 0.1) is 18.8 Å². The van der Waals surface area contributed by atoms with Crippen molar-refractivity contribution in [2.45, 2.75) is 101 Å². The van der Waals surface area contributed by atoms with Crippen molar-refractivity contribution in [1.82, 2.24) is 0 Å². The van der Waals surface area contributed by atoms with Gasteiger partial charge >= 0.3 is 5.97 Å². The van der Waals surface area contributed by atoms with Crippen molar-refractivity contribution in [2.24, 2.45) is 5.92 Å². The molecule has 0 unspecified atom stereocenters. The summed E-state index contributed by atoms with van der Waals surface area (Å²) in [5.41, 5.74) is 2.04. The molecule has 182 valence electrons. The zero-order valence-electron chi connectivity index (χ0n) is 19.4. The molecule has 0 bridgehead atoms. The van der Waals surface area contributed by atoms with Crippen LogP contribution < -0.4 is 0 Å². The molecule has 5 nitrogen and oxygen atoms in total. The third-order valence-corrected chi connectivity index (χ3v) is 7.12. The Labute approximate surface area is 198 Å². The average Bonchev–Trinajstić information content (AvgIpc) is 3.07. The van der Waals surface area contributed by atoms with Crippen LogP contribution in [0.15, 0.2) is 24.3 Å². The van der Waals surface area contributed by atoms with Crippen LogP contribution >= 0.6 is 11.6 Å². The van der Waals surface area contributed by atoms with E-state index in [1.165, 1.54) is 0 Å². The van der Waals surface area contributed by atoms with E-state index in [1.54, 1.807) is 0 Å². The van der Waals surface area contributed by atoms with E-state index in [1.807, 2.05) is 24.3 Å². The predicted octanol–water partition coefficient (Wildman–Crippen LogP) is 5.25. The van der Waals surface area contributed by atoms with Gasteiger partial charge in [-0.2, -0.15) is 0 Å². The largest absolute Gasteiger partial charge is 0.463 e. The number of benzene rings is 1. The molecule has 1 fully saturated rings. The minimum atomic E-state index is -0.441. The quantitative estimate of drug-likeness (QED) is 0.186. The topological polar surface area (TPSA) is 87.0 Å². The van der Waals surface area contributed by atoms with Crippen molar-refractivity contribution >= 4 is 17.6 Å². The standard InChI is InChI=1S/C26H41ClO5/c1-2-3-6-10-23(29)19-12-14-20(15-13-19)26-21(22(27)18-24(26)30)9-7-4-5-8-11-25(31)32-17-16-28/h12-15,21-24,26,28-30H,2-11,16-18H2,1H3/t21-,22+,23+,24+,26+/m0/s1. The molecule has 6 heteroatoms. The first-order valence-electron chi connectivity index (χ1n) is 12.3. The second kappa shape index (κ2) is 14.9. The number of aliphatic hydroxyl groups excluding tert-OH is 3. The third-order valence-electron chi connectivity index (χ3n) is 6.62. The molecule has 1 saturated carbocycles. The highest BCUT2D eigenvalue weighted by Crippen LogP contribution is 2.45. The highest BCUT2D eigenvalue weighted by atomic mass is 35.5. The fraction of sp³-hybridized carbons (Fsp3) is 0.731. The Morgan fingerprint density at radius 2 is 1.84 bits per heavy atom. The molecule has 1 aromatic rings. The van der Waals surface area contributed by atoms with Gasteiger partial charge in [0, 0.05) is 17.7 Å². The number of alkyl halides is 1. The molecule has 32 heavy (non-hydrogen) atoms. The summed E-state index contributed by atoms with van der Waals surface area (Å²) in [6.07, 6.45) is 8.92. The van der Waals surface area contributed by atoms with Gasteiger partial charge < -0.3 is 20.1 Å². The van der Waals surface area contributed by atoms with E-state index in [2.05, 4.69) is 6.92 Å². The number of rotatable bonds is 15. The number of aliphatic hydroxyl groups is 3. The summed E-state index contributed by atoms with van der Waals surface area (Å²) < 4.78 is 4.87. The van der Waals surface area contributed by atoms with Crippen LogP contribution in [0.4, 0.5) is 0 Å². The van der Waals surface area contributed by atoms with Crippen LogP contribution in [-0.2, 0) is 9.53 Å². The van der Waals surface area contributed by atoms with E-state index < -0.39 is 12.2 Å². The highest BCUT2D eigenvalue weighted by Gasteiger charge is 2.41. The Morgan fingerprint density at radius 3 is 2.53 bits per heavy atom. The number of unbranched alkanes of at least 4 members (excludes halogenated alkanes) is 5. The van der Waals surface area contributed by atoms with Gasteiger partial charge in [0.2, 0.25) is 0 Å². The first-order valence-corrected chi connectivity index (χ1v) is 12.8. The molecule has 1 aliphatic rings. The smallest absolute Gasteiger partial charge is 0.305 e. The van der Waals surface area contributed by atoms with Crippen molar-refractivity contribution in [2.75, 3.05) is 13.2 Å².